The van der Waals surface area contributed by atoms with Gasteiger partial charge in [0, 0.05) is 29.2 Å². The SMILES string of the molecule is Cc1c(N)cccc1C(=O)Nc1ccc(N2CCOCC2=O)cc1. The van der Waals surface area contributed by atoms with E-state index in [1.807, 2.05) is 19.1 Å². The van der Waals surface area contributed by atoms with Crippen molar-refractivity contribution in [3.8, 4) is 0 Å². The molecular weight excluding hydrogens is 306 g/mol. The van der Waals surface area contributed by atoms with Gasteiger partial charge in [0.05, 0.1) is 6.61 Å². The van der Waals surface area contributed by atoms with E-state index in [1.54, 1.807) is 35.2 Å². The van der Waals surface area contributed by atoms with Crippen LogP contribution in [0.15, 0.2) is 42.5 Å². The first-order valence-electron chi connectivity index (χ1n) is 7.71. The van der Waals surface area contributed by atoms with Crippen LogP contribution in [0.25, 0.3) is 0 Å². The highest BCUT2D eigenvalue weighted by Crippen LogP contribution is 2.21. The molecule has 1 aliphatic heterocycles. The number of anilines is 3. The van der Waals surface area contributed by atoms with E-state index in [-0.39, 0.29) is 18.4 Å². The average Bonchev–Trinajstić information content (AvgIpc) is 2.58. The monoisotopic (exact) mass is 325 g/mol. The number of hydrogen-bond donors (Lipinski definition) is 2. The van der Waals surface area contributed by atoms with E-state index in [0.29, 0.717) is 30.1 Å². The normalized spacial score (nSPS) is 14.5. The highest BCUT2D eigenvalue weighted by atomic mass is 16.5. The molecule has 0 aliphatic carbocycles. The van der Waals surface area contributed by atoms with Gasteiger partial charge in [0.15, 0.2) is 0 Å². The van der Waals surface area contributed by atoms with Crippen LogP contribution in [0, 0.1) is 6.92 Å². The van der Waals surface area contributed by atoms with Gasteiger partial charge in [-0.2, -0.15) is 0 Å². The Balaban J connectivity index is 1.73. The van der Waals surface area contributed by atoms with Crippen LogP contribution >= 0.6 is 0 Å². The number of benzene rings is 2. The molecule has 0 unspecified atom stereocenters. The second kappa shape index (κ2) is 6.72. The first-order valence-corrected chi connectivity index (χ1v) is 7.71. The van der Waals surface area contributed by atoms with Crippen molar-refractivity contribution in [3.63, 3.8) is 0 Å². The number of ether oxygens (including phenoxy) is 1. The summed E-state index contributed by atoms with van der Waals surface area (Å²) < 4.78 is 5.12. The molecule has 0 bridgehead atoms. The fraction of sp³-hybridized carbons (Fsp3) is 0.222. The van der Waals surface area contributed by atoms with Crippen LogP contribution in [0.2, 0.25) is 0 Å². The summed E-state index contributed by atoms with van der Waals surface area (Å²) in [5, 5.41) is 2.84. The maximum atomic E-state index is 12.4. The number of carbonyl (C=O) groups is 2. The molecule has 124 valence electrons. The van der Waals surface area contributed by atoms with Gasteiger partial charge in [-0.3, -0.25) is 9.59 Å². The highest BCUT2D eigenvalue weighted by Gasteiger charge is 2.20. The molecule has 2 aromatic carbocycles. The summed E-state index contributed by atoms with van der Waals surface area (Å²) in [5.74, 6) is -0.275. The van der Waals surface area contributed by atoms with Crippen molar-refractivity contribution in [2.45, 2.75) is 6.92 Å². The Labute approximate surface area is 140 Å². The lowest BCUT2D eigenvalue weighted by atomic mass is 10.1. The van der Waals surface area contributed by atoms with Crippen LogP contribution in [0.5, 0.6) is 0 Å². The zero-order chi connectivity index (χ0) is 17.1. The maximum Gasteiger partial charge on any atom is 0.256 e. The van der Waals surface area contributed by atoms with E-state index in [1.165, 1.54) is 0 Å². The second-order valence-corrected chi connectivity index (χ2v) is 5.62. The zero-order valence-electron chi connectivity index (χ0n) is 13.4. The highest BCUT2D eigenvalue weighted by molar-refractivity contribution is 6.06. The number of nitrogen functional groups attached to an aromatic ring is 1. The molecule has 6 heteroatoms. The number of nitrogens with two attached hydrogens (primary N) is 1. The van der Waals surface area contributed by atoms with E-state index >= 15 is 0 Å². The number of amides is 2. The van der Waals surface area contributed by atoms with Crippen LogP contribution in [0.3, 0.4) is 0 Å². The van der Waals surface area contributed by atoms with Crippen molar-refractivity contribution in [2.75, 3.05) is 35.7 Å². The molecule has 1 aliphatic rings. The summed E-state index contributed by atoms with van der Waals surface area (Å²) in [6, 6.07) is 12.4. The van der Waals surface area contributed by atoms with Gasteiger partial charge in [0.2, 0.25) is 0 Å². The Morgan fingerprint density at radius 2 is 1.96 bits per heavy atom. The summed E-state index contributed by atoms with van der Waals surface area (Å²) >= 11 is 0. The molecule has 0 spiro atoms. The summed E-state index contributed by atoms with van der Waals surface area (Å²) in [5.41, 5.74) is 9.18. The molecule has 3 N–H and O–H groups in total. The predicted octanol–water partition coefficient (Wildman–Crippen LogP) is 2.19. The van der Waals surface area contributed by atoms with Crippen LogP contribution in [-0.4, -0.2) is 31.6 Å². The number of morpholine rings is 1. The van der Waals surface area contributed by atoms with Gasteiger partial charge in [0.1, 0.15) is 6.61 Å². The topological polar surface area (TPSA) is 84.7 Å². The Kier molecular flexibility index (Phi) is 4.48. The van der Waals surface area contributed by atoms with E-state index in [9.17, 15) is 9.59 Å². The number of hydrogen-bond acceptors (Lipinski definition) is 4. The third-order valence-electron chi connectivity index (χ3n) is 4.04. The van der Waals surface area contributed by atoms with Gasteiger partial charge in [-0.05, 0) is 48.9 Å². The number of rotatable bonds is 3. The van der Waals surface area contributed by atoms with Gasteiger partial charge in [-0.1, -0.05) is 6.07 Å². The summed E-state index contributed by atoms with van der Waals surface area (Å²) in [6.45, 7) is 2.98. The minimum Gasteiger partial charge on any atom is -0.398 e. The lowest BCUT2D eigenvalue weighted by molar-refractivity contribution is -0.125. The Morgan fingerprint density at radius 1 is 1.21 bits per heavy atom. The van der Waals surface area contributed by atoms with Crippen molar-refractivity contribution in [3.05, 3.63) is 53.6 Å². The minimum atomic E-state index is -0.213. The number of nitrogens with one attached hydrogen (secondary N) is 1. The quantitative estimate of drug-likeness (QED) is 0.847. The molecule has 3 rings (SSSR count). The van der Waals surface area contributed by atoms with Crippen molar-refractivity contribution < 1.29 is 14.3 Å². The molecule has 6 nitrogen and oxygen atoms in total. The van der Waals surface area contributed by atoms with Gasteiger partial charge < -0.3 is 20.7 Å². The first-order chi connectivity index (χ1) is 11.6. The maximum absolute atomic E-state index is 12.4. The molecule has 0 atom stereocenters. The van der Waals surface area contributed by atoms with E-state index in [0.717, 1.165) is 11.3 Å². The molecular formula is C18H19N3O3. The van der Waals surface area contributed by atoms with Crippen molar-refractivity contribution >= 4 is 28.9 Å². The zero-order valence-corrected chi connectivity index (χ0v) is 13.4. The van der Waals surface area contributed by atoms with Crippen molar-refractivity contribution in [2.24, 2.45) is 0 Å². The van der Waals surface area contributed by atoms with Crippen LogP contribution in [0.1, 0.15) is 15.9 Å². The van der Waals surface area contributed by atoms with Crippen LogP contribution < -0.4 is 16.0 Å². The summed E-state index contributed by atoms with van der Waals surface area (Å²) in [4.78, 5) is 25.9. The van der Waals surface area contributed by atoms with Gasteiger partial charge in [0.25, 0.3) is 11.8 Å². The Bertz CT molecular complexity index is 772. The van der Waals surface area contributed by atoms with E-state index in [2.05, 4.69) is 5.32 Å². The smallest absolute Gasteiger partial charge is 0.256 e. The van der Waals surface area contributed by atoms with E-state index in [4.69, 9.17) is 10.5 Å². The second-order valence-electron chi connectivity index (χ2n) is 5.62. The standard InChI is InChI=1S/C18H19N3O3/c1-12-15(3-2-4-16(12)19)18(23)20-13-5-7-14(8-6-13)21-9-10-24-11-17(21)22/h2-8H,9-11,19H2,1H3,(H,20,23). The largest absolute Gasteiger partial charge is 0.398 e. The summed E-state index contributed by atoms with van der Waals surface area (Å²) in [6.07, 6.45) is 0. The van der Waals surface area contributed by atoms with Gasteiger partial charge >= 0.3 is 0 Å². The van der Waals surface area contributed by atoms with Gasteiger partial charge in [-0.15, -0.1) is 0 Å². The predicted molar refractivity (Wildman–Crippen MR) is 93.2 cm³/mol. The molecule has 0 saturated carbocycles. The lowest BCUT2D eigenvalue weighted by Crippen LogP contribution is -2.41. The van der Waals surface area contributed by atoms with Crippen molar-refractivity contribution in [1.82, 2.24) is 0 Å². The minimum absolute atomic E-state index is 0.0616. The van der Waals surface area contributed by atoms with Crippen molar-refractivity contribution in [1.29, 1.82) is 0 Å². The third-order valence-corrected chi connectivity index (χ3v) is 4.04. The van der Waals surface area contributed by atoms with Crippen LogP contribution in [0.4, 0.5) is 17.1 Å². The number of carbonyl (C=O) groups excluding carboxylic acids is 2. The summed E-state index contributed by atoms with van der Waals surface area (Å²) in [7, 11) is 0. The Hall–Kier alpha value is -2.86. The molecule has 1 heterocycles. The average molecular weight is 325 g/mol. The molecule has 2 aromatic rings. The first kappa shape index (κ1) is 16.0. The van der Waals surface area contributed by atoms with Crippen LogP contribution in [-0.2, 0) is 9.53 Å². The molecule has 0 radical (unpaired) electrons. The molecule has 1 fully saturated rings. The van der Waals surface area contributed by atoms with Gasteiger partial charge in [-0.25, -0.2) is 0 Å². The Morgan fingerprint density at radius 3 is 2.67 bits per heavy atom. The molecule has 1 saturated heterocycles. The third kappa shape index (κ3) is 3.23. The fourth-order valence-electron chi connectivity index (χ4n) is 2.61. The fourth-order valence-corrected chi connectivity index (χ4v) is 2.61. The van der Waals surface area contributed by atoms with E-state index < -0.39 is 0 Å². The molecule has 0 aromatic heterocycles. The molecule has 24 heavy (non-hydrogen) atoms. The molecule has 2 amide bonds. The lowest BCUT2D eigenvalue weighted by Gasteiger charge is -2.26. The number of nitrogens with zero attached hydrogens (tertiary/aromatic N) is 1.